The minimum absolute atomic E-state index is 0.111. The summed E-state index contributed by atoms with van der Waals surface area (Å²) in [5.74, 6) is -0.632. The van der Waals surface area contributed by atoms with Crippen LogP contribution in [0.5, 0.6) is 0 Å². The van der Waals surface area contributed by atoms with Crippen molar-refractivity contribution in [3.05, 3.63) is 29.8 Å². The Morgan fingerprint density at radius 2 is 1.83 bits per heavy atom. The van der Waals surface area contributed by atoms with Gasteiger partial charge in [0.15, 0.2) is 9.84 Å². The molecule has 0 unspecified atom stereocenters. The van der Waals surface area contributed by atoms with Crippen LogP contribution in [0, 0.1) is 0 Å². The molecule has 2 bridgehead atoms. The number of carbonyl (C=O) groups is 2. The first-order valence-corrected chi connectivity index (χ1v) is 9.47. The lowest BCUT2D eigenvalue weighted by Gasteiger charge is -2.10. The molecule has 0 aliphatic carbocycles. The predicted molar refractivity (Wildman–Crippen MR) is 92.6 cm³/mol. The number of rotatable bonds is 6. The Kier molecular flexibility index (Phi) is 11.2. The Hall–Kier alpha value is -1.48. The minimum atomic E-state index is -2.92. The van der Waals surface area contributed by atoms with Crippen molar-refractivity contribution >= 4 is 33.7 Å². The van der Waals surface area contributed by atoms with Crippen LogP contribution in [0.1, 0.15) is 24.8 Å². The number of carboxylic acid groups (broad SMARTS) is 1. The van der Waals surface area contributed by atoms with Crippen LogP contribution in [-0.4, -0.2) is 44.2 Å². The number of benzene rings is 1. The summed E-state index contributed by atoms with van der Waals surface area (Å²) in [4.78, 5) is 19.6. The van der Waals surface area contributed by atoms with Crippen molar-refractivity contribution < 1.29 is 23.1 Å². The Bertz CT molecular complexity index is 605. The molecular weight excluding hydrogens is 356 g/mol. The van der Waals surface area contributed by atoms with Crippen LogP contribution in [0.2, 0.25) is 0 Å². The van der Waals surface area contributed by atoms with Gasteiger partial charge in [0.25, 0.3) is 0 Å². The monoisotopic (exact) mass is 378 g/mol. The lowest BCUT2D eigenvalue weighted by atomic mass is 10.1. The average molecular weight is 379 g/mol. The van der Waals surface area contributed by atoms with Gasteiger partial charge in [-0.15, -0.1) is 11.6 Å². The molecule has 2 aliphatic heterocycles. The van der Waals surface area contributed by atoms with Gasteiger partial charge in [0.1, 0.15) is 12.3 Å². The molecule has 136 valence electrons. The SMILES string of the molecule is NCCCC[C@H](N)C(=O)O.O=CCCl.O=S1(=O)Cc2ccc1cc2. The highest BCUT2D eigenvalue weighted by atomic mass is 35.5. The van der Waals surface area contributed by atoms with Gasteiger partial charge in [0.05, 0.1) is 16.5 Å². The number of nitrogens with two attached hydrogens (primary N) is 2. The Morgan fingerprint density at radius 1 is 1.29 bits per heavy atom. The van der Waals surface area contributed by atoms with Crippen molar-refractivity contribution in [1.82, 2.24) is 0 Å². The molecule has 3 rings (SSSR count). The number of unbranched alkanes of at least 4 members (excludes halogenated alkanes) is 1. The number of halogens is 1. The second-order valence-corrected chi connectivity index (χ2v) is 7.25. The molecule has 7 nitrogen and oxygen atoms in total. The van der Waals surface area contributed by atoms with Crippen molar-refractivity contribution in [3.63, 3.8) is 0 Å². The summed E-state index contributed by atoms with van der Waals surface area (Å²) in [7, 11) is -2.92. The van der Waals surface area contributed by atoms with Crippen molar-refractivity contribution in [3.8, 4) is 0 Å². The van der Waals surface area contributed by atoms with E-state index in [4.69, 9.17) is 33.0 Å². The molecule has 1 aromatic rings. The van der Waals surface area contributed by atoms with E-state index in [9.17, 15) is 13.2 Å². The molecule has 2 aliphatic rings. The molecule has 5 N–H and O–H groups in total. The largest absolute Gasteiger partial charge is 0.480 e. The molecule has 0 radical (unpaired) electrons. The fraction of sp³-hybridized carbons (Fsp3) is 0.467. The van der Waals surface area contributed by atoms with Crippen LogP contribution >= 0.6 is 11.6 Å². The number of hydrogen-bond acceptors (Lipinski definition) is 6. The quantitative estimate of drug-likeness (QED) is 0.379. The van der Waals surface area contributed by atoms with E-state index in [0.29, 0.717) is 24.1 Å². The summed E-state index contributed by atoms with van der Waals surface area (Å²) >= 11 is 4.82. The fourth-order valence-corrected chi connectivity index (χ4v) is 3.08. The normalized spacial score (nSPS) is 14.5. The zero-order chi connectivity index (χ0) is 18.6. The van der Waals surface area contributed by atoms with Gasteiger partial charge >= 0.3 is 5.97 Å². The molecule has 0 fully saturated rings. The fourth-order valence-electron chi connectivity index (χ4n) is 1.73. The standard InChI is InChI=1S/C7H6O2S.C6H14N2O2.C2H3ClO/c8-10(9)5-6-1-3-7(10)4-2-6;7-4-2-1-3-5(8)6(9)10;3-1-2-4/h1-4H,5H2;5H,1-4,7-8H2,(H,9,10);2H,1H2/t;5-;/m.0./s1. The van der Waals surface area contributed by atoms with E-state index in [2.05, 4.69) is 0 Å². The van der Waals surface area contributed by atoms with Crippen LogP contribution in [-0.2, 0) is 25.2 Å². The lowest BCUT2D eigenvalue weighted by molar-refractivity contribution is -0.138. The van der Waals surface area contributed by atoms with Crippen molar-refractivity contribution in [2.75, 3.05) is 12.4 Å². The molecular formula is C15H23ClN2O5S. The van der Waals surface area contributed by atoms with E-state index < -0.39 is 21.8 Å². The van der Waals surface area contributed by atoms with Crippen LogP contribution in [0.4, 0.5) is 0 Å². The zero-order valence-electron chi connectivity index (χ0n) is 13.2. The Balaban J connectivity index is 0.000000363. The molecule has 24 heavy (non-hydrogen) atoms. The Labute approximate surface area is 146 Å². The Morgan fingerprint density at radius 3 is 2.08 bits per heavy atom. The summed E-state index contributed by atoms with van der Waals surface area (Å²) in [6, 6.07) is 6.27. The number of carbonyl (C=O) groups excluding carboxylic acids is 1. The van der Waals surface area contributed by atoms with Gasteiger partial charge in [-0.25, -0.2) is 8.42 Å². The van der Waals surface area contributed by atoms with E-state index in [1.807, 2.05) is 12.1 Å². The maximum atomic E-state index is 11.1. The first kappa shape index (κ1) is 22.5. The van der Waals surface area contributed by atoms with Gasteiger partial charge < -0.3 is 21.4 Å². The van der Waals surface area contributed by atoms with Crippen LogP contribution < -0.4 is 11.5 Å². The second-order valence-electron chi connectivity index (χ2n) is 4.95. The van der Waals surface area contributed by atoms with Gasteiger partial charge in [0.2, 0.25) is 0 Å². The average Bonchev–Trinajstić information content (AvgIpc) is 2.55. The molecule has 0 saturated carbocycles. The summed E-state index contributed by atoms with van der Waals surface area (Å²) in [6.45, 7) is 0.604. The first-order chi connectivity index (χ1) is 11.3. The first-order valence-electron chi connectivity index (χ1n) is 7.28. The summed E-state index contributed by atoms with van der Waals surface area (Å²) in [6.07, 6.45) is 2.80. The molecule has 0 aromatic heterocycles. The molecule has 9 heteroatoms. The maximum absolute atomic E-state index is 11.1. The van der Waals surface area contributed by atoms with E-state index in [1.165, 1.54) is 0 Å². The zero-order valence-corrected chi connectivity index (χ0v) is 14.8. The molecule has 1 atom stereocenters. The van der Waals surface area contributed by atoms with E-state index in [1.54, 1.807) is 12.1 Å². The molecule has 2 heterocycles. The van der Waals surface area contributed by atoms with E-state index in [0.717, 1.165) is 18.4 Å². The number of fused-ring (bicyclic) bond motifs is 3. The van der Waals surface area contributed by atoms with Gasteiger partial charge in [0, 0.05) is 0 Å². The minimum Gasteiger partial charge on any atom is -0.480 e. The molecule has 1 aromatic carbocycles. The van der Waals surface area contributed by atoms with Crippen molar-refractivity contribution in [2.45, 2.75) is 36.0 Å². The topological polar surface area (TPSA) is 141 Å². The summed E-state index contributed by atoms with van der Waals surface area (Å²) in [5.41, 5.74) is 11.3. The highest BCUT2D eigenvalue weighted by Crippen LogP contribution is 2.22. The number of aliphatic carboxylic acids is 1. The van der Waals surface area contributed by atoms with Crippen LogP contribution in [0.25, 0.3) is 0 Å². The summed E-state index contributed by atoms with van der Waals surface area (Å²) in [5, 5.41) is 8.33. The van der Waals surface area contributed by atoms with Gasteiger partial charge in [-0.3, -0.25) is 4.79 Å². The van der Waals surface area contributed by atoms with E-state index >= 15 is 0 Å². The second kappa shape index (κ2) is 12.0. The highest BCUT2D eigenvalue weighted by molar-refractivity contribution is 7.90. The highest BCUT2D eigenvalue weighted by Gasteiger charge is 2.19. The number of sulfone groups is 1. The van der Waals surface area contributed by atoms with Crippen molar-refractivity contribution in [1.29, 1.82) is 0 Å². The van der Waals surface area contributed by atoms with Crippen LogP contribution in [0.15, 0.2) is 29.2 Å². The van der Waals surface area contributed by atoms with E-state index in [-0.39, 0.29) is 11.6 Å². The van der Waals surface area contributed by atoms with Crippen LogP contribution in [0.3, 0.4) is 0 Å². The number of alkyl halides is 1. The lowest BCUT2D eigenvalue weighted by Crippen LogP contribution is -2.29. The van der Waals surface area contributed by atoms with Gasteiger partial charge in [-0.2, -0.15) is 0 Å². The van der Waals surface area contributed by atoms with Gasteiger partial charge in [-0.1, -0.05) is 18.6 Å². The third-order valence-corrected chi connectivity index (χ3v) is 4.82. The summed E-state index contributed by atoms with van der Waals surface area (Å²) < 4.78 is 22.2. The number of carboxylic acids is 1. The number of hydrogen-bond donors (Lipinski definition) is 3. The third-order valence-electron chi connectivity index (χ3n) is 2.99. The molecule has 0 spiro atoms. The predicted octanol–water partition coefficient (Wildman–Crippen LogP) is 0.925. The number of aldehydes is 1. The smallest absolute Gasteiger partial charge is 0.320 e. The molecule has 0 amide bonds. The van der Waals surface area contributed by atoms with Crippen molar-refractivity contribution in [2.24, 2.45) is 11.5 Å². The molecule has 0 saturated heterocycles. The third kappa shape index (κ3) is 8.97. The maximum Gasteiger partial charge on any atom is 0.320 e. The van der Waals surface area contributed by atoms with Gasteiger partial charge in [-0.05, 0) is 37.1 Å².